The number of aliphatic hydroxyl groups is 4. The van der Waals surface area contributed by atoms with Gasteiger partial charge in [0.25, 0.3) is 0 Å². The number of rotatable bonds is 6. The van der Waals surface area contributed by atoms with E-state index in [-0.39, 0.29) is 5.48 Å². The molecule has 2 fully saturated rings. The predicted octanol–water partition coefficient (Wildman–Crippen LogP) is 1.90. The average Bonchev–Trinajstić information content (AvgIpc) is 2.87. The molecule has 35 heavy (non-hydrogen) atoms. The van der Waals surface area contributed by atoms with E-state index in [2.05, 4.69) is 9.78 Å². The van der Waals surface area contributed by atoms with E-state index >= 15 is 0 Å². The van der Waals surface area contributed by atoms with Gasteiger partial charge in [-0.25, -0.2) is 9.78 Å². The highest BCUT2D eigenvalue weighted by Crippen LogP contribution is 2.35. The van der Waals surface area contributed by atoms with Crippen molar-refractivity contribution >= 4 is 0 Å². The summed E-state index contributed by atoms with van der Waals surface area (Å²) in [6.07, 6.45) is 0.625. The standard InChI is InChI=1S/2C13H18O4.H2O/c2*14-11-7-4-8-13(17-16,12(11)15)9-10-5-2-1-3-6-10;/h2*1-3,5-6,11-12,14-16H,4,7-9H2;1H2/t2*11-,12-,13+;/m11./s1. The zero-order chi connectivity index (χ0) is 24.6. The lowest BCUT2D eigenvalue weighted by Crippen LogP contribution is -2.54. The third-order valence-electron chi connectivity index (χ3n) is 7.06. The van der Waals surface area contributed by atoms with E-state index in [9.17, 15) is 20.4 Å². The molecule has 0 saturated heterocycles. The summed E-state index contributed by atoms with van der Waals surface area (Å²) >= 11 is 0. The van der Waals surface area contributed by atoms with Crippen LogP contribution in [0.3, 0.4) is 0 Å². The van der Waals surface area contributed by atoms with Gasteiger partial charge in [-0.05, 0) is 49.7 Å². The van der Waals surface area contributed by atoms with Crippen molar-refractivity contribution in [3.8, 4) is 0 Å². The van der Waals surface area contributed by atoms with E-state index < -0.39 is 35.6 Å². The first kappa shape index (κ1) is 29.3. The summed E-state index contributed by atoms with van der Waals surface area (Å²) in [6, 6.07) is 19.0. The van der Waals surface area contributed by atoms with Gasteiger partial charge < -0.3 is 25.9 Å². The Kier molecular flexibility index (Phi) is 11.2. The highest BCUT2D eigenvalue weighted by Gasteiger charge is 2.47. The van der Waals surface area contributed by atoms with Gasteiger partial charge in [-0.15, -0.1) is 0 Å². The Bertz CT molecular complexity index is 781. The molecule has 0 bridgehead atoms. The van der Waals surface area contributed by atoms with Gasteiger partial charge in [0, 0.05) is 12.8 Å². The Morgan fingerprint density at radius 3 is 1.29 bits per heavy atom. The van der Waals surface area contributed by atoms with Gasteiger partial charge >= 0.3 is 0 Å². The van der Waals surface area contributed by atoms with Gasteiger partial charge in [-0.1, -0.05) is 60.7 Å². The Morgan fingerprint density at radius 1 is 0.629 bits per heavy atom. The first-order valence-corrected chi connectivity index (χ1v) is 11.8. The van der Waals surface area contributed by atoms with E-state index in [4.69, 9.17) is 10.5 Å². The van der Waals surface area contributed by atoms with Crippen LogP contribution in [0.4, 0.5) is 0 Å². The molecule has 2 aliphatic carbocycles. The van der Waals surface area contributed by atoms with Crippen molar-refractivity contribution in [2.45, 2.75) is 87.0 Å². The van der Waals surface area contributed by atoms with Crippen molar-refractivity contribution in [3.63, 3.8) is 0 Å². The maximum Gasteiger partial charge on any atom is 0.135 e. The first-order valence-electron chi connectivity index (χ1n) is 11.8. The second kappa shape index (κ2) is 13.4. The second-order valence-electron chi connectivity index (χ2n) is 9.45. The summed E-state index contributed by atoms with van der Waals surface area (Å²) in [5, 5.41) is 57.6. The highest BCUT2D eigenvalue weighted by atomic mass is 17.1. The zero-order valence-electron chi connectivity index (χ0n) is 19.7. The maximum absolute atomic E-state index is 10.0. The summed E-state index contributed by atoms with van der Waals surface area (Å²) in [4.78, 5) is 9.11. The number of hydrogen-bond acceptors (Lipinski definition) is 8. The van der Waals surface area contributed by atoms with Gasteiger partial charge in [0.2, 0.25) is 0 Å². The minimum Gasteiger partial charge on any atom is -0.412 e. The SMILES string of the molecule is O.OO[C@]1(Cc2ccccc2)CCC[C@@H](O)[C@H]1O.OO[C@]1(Cc2ccccc2)CCC[C@@H](O)[C@H]1O. The minimum absolute atomic E-state index is 0. The fourth-order valence-corrected chi connectivity index (χ4v) is 5.07. The molecule has 9 nitrogen and oxygen atoms in total. The third-order valence-corrected chi connectivity index (χ3v) is 7.06. The minimum atomic E-state index is -1.08. The van der Waals surface area contributed by atoms with E-state index in [0.717, 1.165) is 24.0 Å². The number of benzene rings is 2. The van der Waals surface area contributed by atoms with E-state index in [0.29, 0.717) is 38.5 Å². The van der Waals surface area contributed by atoms with Crippen LogP contribution < -0.4 is 0 Å². The van der Waals surface area contributed by atoms with E-state index in [1.165, 1.54) is 0 Å². The largest absolute Gasteiger partial charge is 0.412 e. The fourth-order valence-electron chi connectivity index (χ4n) is 5.07. The van der Waals surface area contributed by atoms with Gasteiger partial charge in [-0.2, -0.15) is 0 Å². The smallest absolute Gasteiger partial charge is 0.135 e. The number of hydrogen-bond donors (Lipinski definition) is 6. The summed E-state index contributed by atoms with van der Waals surface area (Å²) < 4.78 is 0. The van der Waals surface area contributed by atoms with Crippen LogP contribution in [0.2, 0.25) is 0 Å². The molecular weight excluding hydrogens is 456 g/mol. The third kappa shape index (κ3) is 7.07. The first-order chi connectivity index (χ1) is 16.4. The topological polar surface area (TPSA) is 171 Å². The Balaban J connectivity index is 0.000000240. The molecule has 0 radical (unpaired) electrons. The Morgan fingerprint density at radius 2 is 0.971 bits per heavy atom. The summed E-state index contributed by atoms with van der Waals surface area (Å²) in [6.45, 7) is 0. The highest BCUT2D eigenvalue weighted by molar-refractivity contribution is 5.19. The summed E-state index contributed by atoms with van der Waals surface area (Å²) in [5.74, 6) is 0. The number of aliphatic hydroxyl groups excluding tert-OH is 4. The molecule has 0 aromatic heterocycles. The van der Waals surface area contributed by atoms with Gasteiger partial charge in [0.15, 0.2) is 0 Å². The summed E-state index contributed by atoms with van der Waals surface area (Å²) in [5.41, 5.74) is -0.234. The molecule has 0 amide bonds. The lowest BCUT2D eigenvalue weighted by molar-refractivity contribution is -0.359. The fraction of sp³-hybridized carbons (Fsp3) is 0.538. The molecule has 0 aliphatic heterocycles. The Hall–Kier alpha value is -1.92. The normalized spacial score (nSPS) is 32.6. The molecule has 2 saturated carbocycles. The molecule has 196 valence electrons. The quantitative estimate of drug-likeness (QED) is 0.261. The van der Waals surface area contributed by atoms with Crippen molar-refractivity contribution in [1.82, 2.24) is 0 Å². The monoisotopic (exact) mass is 494 g/mol. The van der Waals surface area contributed by atoms with Crippen molar-refractivity contribution in [3.05, 3.63) is 71.8 Å². The maximum atomic E-state index is 10.0. The molecule has 0 unspecified atom stereocenters. The van der Waals surface area contributed by atoms with Crippen LogP contribution >= 0.6 is 0 Å². The molecule has 0 spiro atoms. The van der Waals surface area contributed by atoms with E-state index in [1.807, 2.05) is 60.7 Å². The molecule has 2 aliphatic rings. The van der Waals surface area contributed by atoms with Crippen LogP contribution in [0.5, 0.6) is 0 Å². The average molecular weight is 495 g/mol. The van der Waals surface area contributed by atoms with Crippen LogP contribution in [0.15, 0.2) is 60.7 Å². The van der Waals surface area contributed by atoms with Gasteiger partial charge in [0.05, 0.1) is 12.2 Å². The zero-order valence-corrected chi connectivity index (χ0v) is 19.7. The van der Waals surface area contributed by atoms with Crippen molar-refractivity contribution in [2.24, 2.45) is 0 Å². The van der Waals surface area contributed by atoms with Crippen LogP contribution in [0, 0.1) is 0 Å². The lowest BCUT2D eigenvalue weighted by atomic mass is 9.77. The van der Waals surface area contributed by atoms with Crippen LogP contribution in [-0.4, -0.2) is 72.0 Å². The van der Waals surface area contributed by atoms with E-state index in [1.54, 1.807) is 0 Å². The molecule has 9 heteroatoms. The molecular formula is C26H38O9. The lowest BCUT2D eigenvalue weighted by Gasteiger charge is -2.41. The summed E-state index contributed by atoms with van der Waals surface area (Å²) in [7, 11) is 0. The van der Waals surface area contributed by atoms with Crippen LogP contribution in [0.1, 0.15) is 49.7 Å². The van der Waals surface area contributed by atoms with Crippen LogP contribution in [-0.2, 0) is 22.6 Å². The van der Waals surface area contributed by atoms with Crippen molar-refractivity contribution in [2.75, 3.05) is 0 Å². The molecule has 8 N–H and O–H groups in total. The van der Waals surface area contributed by atoms with Crippen molar-refractivity contribution < 1.29 is 46.2 Å². The molecule has 4 rings (SSSR count). The Labute approximate surface area is 205 Å². The van der Waals surface area contributed by atoms with Crippen molar-refractivity contribution in [1.29, 1.82) is 0 Å². The van der Waals surface area contributed by atoms with Gasteiger partial charge in [0.1, 0.15) is 23.4 Å². The van der Waals surface area contributed by atoms with Crippen LogP contribution in [0.25, 0.3) is 0 Å². The molecule has 0 heterocycles. The molecule has 6 atom stereocenters. The second-order valence-corrected chi connectivity index (χ2v) is 9.45. The molecule has 2 aromatic carbocycles. The van der Waals surface area contributed by atoms with Gasteiger partial charge in [-0.3, -0.25) is 10.5 Å². The molecule has 2 aromatic rings. The predicted molar refractivity (Wildman–Crippen MR) is 129 cm³/mol.